The molecule has 1 rings (SSSR count). The standard InChI is InChI=1S/C15H24N2O3/c1-3-17(8-5-9-18)12-15(19)16-11-13-6-4-7-14(10-13)20-2/h4,6-7,10,18H,3,5,8-9,11-12H2,1-2H3,(H,16,19). The third kappa shape index (κ3) is 6.04. The van der Waals surface area contributed by atoms with Crippen molar-refractivity contribution in [2.45, 2.75) is 19.9 Å². The molecule has 0 aromatic heterocycles. The maximum Gasteiger partial charge on any atom is 0.234 e. The van der Waals surface area contributed by atoms with Crippen LogP contribution in [0, 0.1) is 0 Å². The predicted octanol–water partition coefficient (Wildman–Crippen LogP) is 1.02. The summed E-state index contributed by atoms with van der Waals surface area (Å²) in [4.78, 5) is 13.9. The van der Waals surface area contributed by atoms with Gasteiger partial charge in [0, 0.05) is 19.7 Å². The van der Waals surface area contributed by atoms with Crippen LogP contribution in [0.5, 0.6) is 5.75 Å². The van der Waals surface area contributed by atoms with Crippen molar-refractivity contribution in [2.75, 3.05) is 33.4 Å². The van der Waals surface area contributed by atoms with Gasteiger partial charge in [0.1, 0.15) is 5.75 Å². The maximum absolute atomic E-state index is 11.9. The van der Waals surface area contributed by atoms with Gasteiger partial charge >= 0.3 is 0 Å². The summed E-state index contributed by atoms with van der Waals surface area (Å²) in [6.07, 6.45) is 0.691. The Bertz CT molecular complexity index is 410. The van der Waals surface area contributed by atoms with E-state index in [1.165, 1.54) is 0 Å². The number of benzene rings is 1. The lowest BCUT2D eigenvalue weighted by Gasteiger charge is -2.19. The van der Waals surface area contributed by atoms with Gasteiger partial charge in [-0.25, -0.2) is 0 Å². The molecule has 0 fully saturated rings. The Kier molecular flexibility index (Phi) is 7.69. The number of amides is 1. The number of hydrogen-bond donors (Lipinski definition) is 2. The Morgan fingerprint density at radius 2 is 2.25 bits per heavy atom. The van der Waals surface area contributed by atoms with Gasteiger partial charge in [0.25, 0.3) is 0 Å². The van der Waals surface area contributed by atoms with Gasteiger partial charge in [-0.15, -0.1) is 0 Å². The first-order chi connectivity index (χ1) is 9.69. The van der Waals surface area contributed by atoms with Crippen LogP contribution in [-0.2, 0) is 11.3 Å². The highest BCUT2D eigenvalue weighted by atomic mass is 16.5. The number of nitrogens with zero attached hydrogens (tertiary/aromatic N) is 1. The largest absolute Gasteiger partial charge is 0.497 e. The van der Waals surface area contributed by atoms with Crippen LogP contribution in [-0.4, -0.2) is 49.3 Å². The number of aliphatic hydroxyl groups is 1. The molecule has 1 amide bonds. The Balaban J connectivity index is 2.38. The number of aliphatic hydroxyl groups excluding tert-OH is 1. The van der Waals surface area contributed by atoms with Crippen molar-refractivity contribution in [3.63, 3.8) is 0 Å². The second-order valence-corrected chi connectivity index (χ2v) is 4.57. The maximum atomic E-state index is 11.9. The van der Waals surface area contributed by atoms with E-state index in [0.29, 0.717) is 19.5 Å². The molecule has 0 aliphatic rings. The van der Waals surface area contributed by atoms with E-state index in [0.717, 1.165) is 24.4 Å². The van der Waals surface area contributed by atoms with Crippen molar-refractivity contribution in [1.29, 1.82) is 0 Å². The minimum atomic E-state index is -0.00684. The van der Waals surface area contributed by atoms with Crippen molar-refractivity contribution in [2.24, 2.45) is 0 Å². The first-order valence-electron chi connectivity index (χ1n) is 6.92. The predicted molar refractivity (Wildman–Crippen MR) is 78.7 cm³/mol. The number of hydrogen-bond acceptors (Lipinski definition) is 4. The van der Waals surface area contributed by atoms with Gasteiger partial charge in [0.2, 0.25) is 5.91 Å². The summed E-state index contributed by atoms with van der Waals surface area (Å²) in [5.74, 6) is 0.780. The topological polar surface area (TPSA) is 61.8 Å². The van der Waals surface area contributed by atoms with Crippen molar-refractivity contribution in [3.8, 4) is 5.75 Å². The van der Waals surface area contributed by atoms with Gasteiger partial charge in [-0.05, 0) is 30.7 Å². The molecule has 1 aromatic rings. The number of methoxy groups -OCH3 is 1. The first-order valence-corrected chi connectivity index (χ1v) is 6.92. The van der Waals surface area contributed by atoms with Crippen molar-refractivity contribution >= 4 is 5.91 Å². The van der Waals surface area contributed by atoms with E-state index in [9.17, 15) is 4.79 Å². The van der Waals surface area contributed by atoms with E-state index >= 15 is 0 Å². The fraction of sp³-hybridized carbons (Fsp3) is 0.533. The summed E-state index contributed by atoms with van der Waals surface area (Å²) in [6.45, 7) is 4.55. The zero-order valence-electron chi connectivity index (χ0n) is 12.3. The van der Waals surface area contributed by atoms with Gasteiger partial charge in [-0.2, -0.15) is 0 Å². The number of carbonyl (C=O) groups excluding carboxylic acids is 1. The Hall–Kier alpha value is -1.59. The molecule has 0 aliphatic carbocycles. The number of carbonyl (C=O) groups is 1. The van der Waals surface area contributed by atoms with Crippen LogP contribution in [0.25, 0.3) is 0 Å². The molecule has 0 spiro atoms. The third-order valence-electron chi connectivity index (χ3n) is 3.07. The van der Waals surface area contributed by atoms with Crippen molar-refractivity contribution in [3.05, 3.63) is 29.8 Å². The number of likely N-dealkylation sites (N-methyl/N-ethyl adjacent to an activating group) is 1. The Morgan fingerprint density at radius 1 is 1.45 bits per heavy atom. The highest BCUT2D eigenvalue weighted by Gasteiger charge is 2.08. The molecule has 1 aromatic carbocycles. The molecular formula is C15H24N2O3. The summed E-state index contributed by atoms with van der Waals surface area (Å²) in [6, 6.07) is 7.63. The SMILES string of the molecule is CCN(CCCO)CC(=O)NCc1cccc(OC)c1. The zero-order chi connectivity index (χ0) is 14.8. The summed E-state index contributed by atoms with van der Waals surface area (Å²) >= 11 is 0. The highest BCUT2D eigenvalue weighted by molar-refractivity contribution is 5.78. The monoisotopic (exact) mass is 280 g/mol. The number of rotatable bonds is 9. The normalized spacial score (nSPS) is 10.6. The molecule has 5 nitrogen and oxygen atoms in total. The molecule has 0 unspecified atom stereocenters. The average molecular weight is 280 g/mol. The van der Waals surface area contributed by atoms with Crippen LogP contribution in [0.3, 0.4) is 0 Å². The lowest BCUT2D eigenvalue weighted by atomic mass is 10.2. The minimum Gasteiger partial charge on any atom is -0.497 e. The first kappa shape index (κ1) is 16.5. The molecule has 0 bridgehead atoms. The van der Waals surface area contributed by atoms with E-state index in [4.69, 9.17) is 9.84 Å². The van der Waals surface area contributed by atoms with Crippen molar-refractivity contribution < 1.29 is 14.6 Å². The second kappa shape index (κ2) is 9.34. The van der Waals surface area contributed by atoms with E-state index in [2.05, 4.69) is 5.32 Å². The van der Waals surface area contributed by atoms with Gasteiger partial charge in [-0.3, -0.25) is 9.69 Å². The summed E-state index contributed by atoms with van der Waals surface area (Å²) in [5.41, 5.74) is 1.01. The molecule has 20 heavy (non-hydrogen) atoms. The van der Waals surface area contributed by atoms with E-state index in [-0.39, 0.29) is 12.5 Å². The number of ether oxygens (including phenoxy) is 1. The van der Waals surface area contributed by atoms with Gasteiger partial charge in [0.05, 0.1) is 13.7 Å². The smallest absolute Gasteiger partial charge is 0.234 e. The summed E-state index contributed by atoms with van der Waals surface area (Å²) in [5, 5.41) is 11.7. The van der Waals surface area contributed by atoms with Gasteiger partial charge in [-0.1, -0.05) is 19.1 Å². The van der Waals surface area contributed by atoms with Gasteiger partial charge in [0.15, 0.2) is 0 Å². The average Bonchev–Trinajstić information content (AvgIpc) is 2.49. The molecular weight excluding hydrogens is 256 g/mol. The van der Waals surface area contributed by atoms with E-state index in [1.807, 2.05) is 36.1 Å². The quantitative estimate of drug-likeness (QED) is 0.709. The van der Waals surface area contributed by atoms with Crippen LogP contribution in [0.1, 0.15) is 18.9 Å². The lowest BCUT2D eigenvalue weighted by Crippen LogP contribution is -2.37. The number of nitrogens with one attached hydrogen (secondary N) is 1. The fourth-order valence-electron chi connectivity index (χ4n) is 1.89. The van der Waals surface area contributed by atoms with Crippen LogP contribution in [0.15, 0.2) is 24.3 Å². The Labute approximate surface area is 120 Å². The molecule has 0 saturated heterocycles. The van der Waals surface area contributed by atoms with Crippen LogP contribution in [0.2, 0.25) is 0 Å². The molecule has 0 saturated carbocycles. The van der Waals surface area contributed by atoms with Gasteiger partial charge < -0.3 is 15.2 Å². The van der Waals surface area contributed by atoms with Crippen LogP contribution >= 0.6 is 0 Å². The minimum absolute atomic E-state index is 0.00684. The zero-order valence-corrected chi connectivity index (χ0v) is 12.3. The molecule has 0 aliphatic heterocycles. The lowest BCUT2D eigenvalue weighted by molar-refractivity contribution is -0.122. The van der Waals surface area contributed by atoms with Crippen LogP contribution in [0.4, 0.5) is 0 Å². The molecule has 0 atom stereocenters. The molecule has 112 valence electrons. The molecule has 5 heteroatoms. The molecule has 0 radical (unpaired) electrons. The fourth-order valence-corrected chi connectivity index (χ4v) is 1.89. The summed E-state index contributed by atoms with van der Waals surface area (Å²) < 4.78 is 5.14. The molecule has 2 N–H and O–H groups in total. The Morgan fingerprint density at radius 3 is 2.90 bits per heavy atom. The molecule has 0 heterocycles. The summed E-state index contributed by atoms with van der Waals surface area (Å²) in [7, 11) is 1.62. The van der Waals surface area contributed by atoms with E-state index in [1.54, 1.807) is 7.11 Å². The highest BCUT2D eigenvalue weighted by Crippen LogP contribution is 2.12. The van der Waals surface area contributed by atoms with E-state index < -0.39 is 0 Å². The third-order valence-corrected chi connectivity index (χ3v) is 3.07. The van der Waals surface area contributed by atoms with Crippen molar-refractivity contribution in [1.82, 2.24) is 10.2 Å². The van der Waals surface area contributed by atoms with Crippen LogP contribution < -0.4 is 10.1 Å². The second-order valence-electron chi connectivity index (χ2n) is 4.57.